The van der Waals surface area contributed by atoms with Crippen LogP contribution in [0.25, 0.3) is 0 Å². The third-order valence-electron chi connectivity index (χ3n) is 5.36. The predicted molar refractivity (Wildman–Crippen MR) is 111 cm³/mol. The molecule has 1 unspecified atom stereocenters. The van der Waals surface area contributed by atoms with E-state index in [-0.39, 0.29) is 29.3 Å². The van der Waals surface area contributed by atoms with Crippen LogP contribution < -0.4 is 9.21 Å². The summed E-state index contributed by atoms with van der Waals surface area (Å²) in [5.74, 6) is 0.303. The van der Waals surface area contributed by atoms with Crippen LogP contribution >= 0.6 is 0 Å². The van der Waals surface area contributed by atoms with Crippen molar-refractivity contribution >= 4 is 27.3 Å². The summed E-state index contributed by atoms with van der Waals surface area (Å²) in [7, 11) is -3.74. The fraction of sp³-hybridized carbons (Fsp3) is 0.318. The lowest BCUT2D eigenvalue weighted by atomic mass is 10.1. The second kappa shape index (κ2) is 7.09. The number of fused-ring (bicyclic) bond motifs is 1. The van der Waals surface area contributed by atoms with E-state index in [4.69, 9.17) is 0 Å². The second-order valence-electron chi connectivity index (χ2n) is 7.49. The number of sulfonamides is 1. The molecule has 1 saturated carbocycles. The van der Waals surface area contributed by atoms with Crippen molar-refractivity contribution in [1.82, 2.24) is 0 Å². The molecule has 0 aromatic heterocycles. The number of anilines is 2. The van der Waals surface area contributed by atoms with Crippen molar-refractivity contribution in [2.75, 3.05) is 15.7 Å². The zero-order valence-corrected chi connectivity index (χ0v) is 16.7. The summed E-state index contributed by atoms with van der Waals surface area (Å²) < 4.78 is 28.0. The number of benzene rings is 2. The third-order valence-corrected chi connectivity index (χ3v) is 7.15. The molecular formula is C22H24N2O3S. The molecule has 1 amide bonds. The van der Waals surface area contributed by atoms with Crippen molar-refractivity contribution < 1.29 is 13.2 Å². The van der Waals surface area contributed by atoms with Crippen LogP contribution in [0.3, 0.4) is 0 Å². The predicted octanol–water partition coefficient (Wildman–Crippen LogP) is 3.76. The molecule has 2 aliphatic rings. The van der Waals surface area contributed by atoms with Crippen LogP contribution in [0.1, 0.15) is 25.3 Å². The van der Waals surface area contributed by atoms with E-state index >= 15 is 0 Å². The van der Waals surface area contributed by atoms with Gasteiger partial charge in [-0.15, -0.1) is 6.58 Å². The highest BCUT2D eigenvalue weighted by atomic mass is 32.2. The van der Waals surface area contributed by atoms with Gasteiger partial charge in [0.05, 0.1) is 17.1 Å². The molecule has 0 N–H and O–H groups in total. The van der Waals surface area contributed by atoms with Gasteiger partial charge in [-0.05, 0) is 62.1 Å². The first-order valence-corrected chi connectivity index (χ1v) is 11.0. The number of nitrogens with zero attached hydrogens (tertiary/aromatic N) is 2. The van der Waals surface area contributed by atoms with Crippen LogP contribution in [0.5, 0.6) is 0 Å². The third kappa shape index (κ3) is 3.22. The normalized spacial score (nSPS) is 18.6. The van der Waals surface area contributed by atoms with Gasteiger partial charge in [0.15, 0.2) is 0 Å². The summed E-state index contributed by atoms with van der Waals surface area (Å²) in [4.78, 5) is 14.7. The van der Waals surface area contributed by atoms with Gasteiger partial charge in [-0.3, -0.25) is 9.10 Å². The quantitative estimate of drug-likeness (QED) is 0.699. The summed E-state index contributed by atoms with van der Waals surface area (Å²) >= 11 is 0. The number of carbonyl (C=O) groups excluding carboxylic acids is 1. The van der Waals surface area contributed by atoms with Gasteiger partial charge in [0.2, 0.25) is 5.91 Å². The second-order valence-corrected chi connectivity index (χ2v) is 9.35. The van der Waals surface area contributed by atoms with Crippen molar-refractivity contribution in [3.8, 4) is 0 Å². The van der Waals surface area contributed by atoms with Gasteiger partial charge in [0, 0.05) is 17.6 Å². The number of hydrogen-bond donors (Lipinski definition) is 0. The molecule has 0 radical (unpaired) electrons. The summed E-state index contributed by atoms with van der Waals surface area (Å²) in [5, 5.41) is 0. The summed E-state index contributed by atoms with van der Waals surface area (Å²) in [6.45, 7) is 5.91. The molecule has 2 aromatic rings. The van der Waals surface area contributed by atoms with Crippen molar-refractivity contribution in [1.29, 1.82) is 0 Å². The Labute approximate surface area is 166 Å². The highest BCUT2D eigenvalue weighted by molar-refractivity contribution is 7.92. The maximum atomic E-state index is 13.3. The fourth-order valence-corrected chi connectivity index (χ4v) is 5.30. The lowest BCUT2D eigenvalue weighted by molar-refractivity contribution is -0.120. The molecule has 28 heavy (non-hydrogen) atoms. The topological polar surface area (TPSA) is 57.7 Å². The van der Waals surface area contributed by atoms with E-state index in [0.29, 0.717) is 12.1 Å². The van der Waals surface area contributed by atoms with Gasteiger partial charge in [-0.25, -0.2) is 8.42 Å². The van der Waals surface area contributed by atoms with Crippen LogP contribution in [-0.2, 0) is 21.2 Å². The monoisotopic (exact) mass is 396 g/mol. The van der Waals surface area contributed by atoms with E-state index in [1.54, 1.807) is 36.4 Å². The molecule has 0 spiro atoms. The van der Waals surface area contributed by atoms with Crippen molar-refractivity contribution in [2.24, 2.45) is 5.92 Å². The molecule has 1 fully saturated rings. The first kappa shape index (κ1) is 18.7. The first-order valence-electron chi connectivity index (χ1n) is 9.58. The molecule has 4 rings (SSSR count). The molecule has 146 valence electrons. The van der Waals surface area contributed by atoms with E-state index < -0.39 is 10.0 Å². The van der Waals surface area contributed by atoms with Crippen LogP contribution in [0, 0.1) is 5.92 Å². The minimum Gasteiger partial charge on any atom is -0.309 e. The van der Waals surface area contributed by atoms with E-state index in [0.717, 1.165) is 24.1 Å². The molecular weight excluding hydrogens is 372 g/mol. The number of carbonyl (C=O) groups is 1. The average Bonchev–Trinajstić information content (AvgIpc) is 3.48. The van der Waals surface area contributed by atoms with Crippen LogP contribution in [-0.4, -0.2) is 26.9 Å². The van der Waals surface area contributed by atoms with Crippen LogP contribution in [0.2, 0.25) is 0 Å². The zero-order valence-electron chi connectivity index (χ0n) is 15.9. The SMILES string of the molecule is C=CCN(c1ccccc1)S(=O)(=O)c1ccc2c(c1)CC(C)N2C(=O)C1CC1. The van der Waals surface area contributed by atoms with Gasteiger partial charge in [-0.1, -0.05) is 24.3 Å². The molecule has 0 bridgehead atoms. The lowest BCUT2D eigenvalue weighted by Gasteiger charge is -2.24. The van der Waals surface area contributed by atoms with E-state index in [1.807, 2.05) is 30.0 Å². The highest BCUT2D eigenvalue weighted by Gasteiger charge is 2.40. The van der Waals surface area contributed by atoms with E-state index in [2.05, 4.69) is 6.58 Å². The molecule has 1 aliphatic heterocycles. The largest absolute Gasteiger partial charge is 0.309 e. The molecule has 1 heterocycles. The number of hydrogen-bond acceptors (Lipinski definition) is 3. The average molecular weight is 397 g/mol. The van der Waals surface area contributed by atoms with Crippen molar-refractivity contribution in [2.45, 2.75) is 37.1 Å². The minimum atomic E-state index is -3.74. The van der Waals surface area contributed by atoms with Gasteiger partial charge in [0.1, 0.15) is 0 Å². The highest BCUT2D eigenvalue weighted by Crippen LogP contribution is 2.40. The Balaban J connectivity index is 1.70. The first-order chi connectivity index (χ1) is 13.4. The maximum absolute atomic E-state index is 13.3. The maximum Gasteiger partial charge on any atom is 0.264 e. The standard InChI is InChI=1S/C22H24N2O3S/c1-3-13-23(19-7-5-4-6-8-19)28(26,27)20-11-12-21-18(15-20)14-16(2)24(21)22(25)17-9-10-17/h3-8,11-12,15-17H,1,9-10,13-14H2,2H3. The number of amides is 1. The molecule has 1 atom stereocenters. The van der Waals surface area contributed by atoms with Gasteiger partial charge >= 0.3 is 0 Å². The van der Waals surface area contributed by atoms with E-state index in [1.165, 1.54) is 4.31 Å². The minimum absolute atomic E-state index is 0.0551. The summed E-state index contributed by atoms with van der Waals surface area (Å²) in [6.07, 6.45) is 4.16. The zero-order chi connectivity index (χ0) is 19.9. The molecule has 1 aliphatic carbocycles. The Bertz CT molecular complexity index is 1010. The summed E-state index contributed by atoms with van der Waals surface area (Å²) in [6, 6.07) is 14.2. The van der Waals surface area contributed by atoms with Crippen molar-refractivity contribution in [3.63, 3.8) is 0 Å². The van der Waals surface area contributed by atoms with Crippen molar-refractivity contribution in [3.05, 3.63) is 66.7 Å². The lowest BCUT2D eigenvalue weighted by Crippen LogP contribution is -2.36. The number of para-hydroxylation sites is 1. The Morgan fingerprint density at radius 2 is 1.93 bits per heavy atom. The Morgan fingerprint density at radius 3 is 2.57 bits per heavy atom. The molecule has 6 heteroatoms. The smallest absolute Gasteiger partial charge is 0.264 e. The van der Waals surface area contributed by atoms with Crippen LogP contribution in [0.15, 0.2) is 66.1 Å². The van der Waals surface area contributed by atoms with Gasteiger partial charge < -0.3 is 4.90 Å². The Kier molecular flexibility index (Phi) is 4.75. The molecule has 0 saturated heterocycles. The van der Waals surface area contributed by atoms with Gasteiger partial charge in [-0.2, -0.15) is 0 Å². The van der Waals surface area contributed by atoms with Crippen LogP contribution in [0.4, 0.5) is 11.4 Å². The van der Waals surface area contributed by atoms with E-state index in [9.17, 15) is 13.2 Å². The molecule has 5 nitrogen and oxygen atoms in total. The molecule has 2 aromatic carbocycles. The number of rotatable bonds is 6. The summed E-state index contributed by atoms with van der Waals surface area (Å²) in [5.41, 5.74) is 2.36. The Morgan fingerprint density at radius 1 is 1.21 bits per heavy atom. The fourth-order valence-electron chi connectivity index (χ4n) is 3.81. The Hall–Kier alpha value is -2.60. The van der Waals surface area contributed by atoms with Gasteiger partial charge in [0.25, 0.3) is 10.0 Å².